The molecule has 0 fully saturated rings. The highest BCUT2D eigenvalue weighted by Gasteiger charge is 1.96. The minimum Gasteiger partial charge on any atom is -0.361 e. The maximum absolute atomic E-state index is 10.6. The van der Waals surface area contributed by atoms with Gasteiger partial charge in [0, 0.05) is 24.1 Å². The molecule has 0 bridgehead atoms. The molecule has 0 saturated carbocycles. The molecule has 1 aromatic rings. The van der Waals surface area contributed by atoms with Crippen LogP contribution in [-0.2, 0) is 4.79 Å². The molecule has 1 aromatic carbocycles. The summed E-state index contributed by atoms with van der Waals surface area (Å²) in [6.07, 6.45) is 0. The molecule has 0 heterocycles. The molecule has 1 amide bonds. The van der Waals surface area contributed by atoms with Gasteiger partial charge in [-0.05, 0) is 24.4 Å². The molecular weight excluding hydrogens is 254 g/mol. The van der Waals surface area contributed by atoms with Crippen molar-refractivity contribution in [2.75, 3.05) is 12.3 Å². The average Bonchev–Trinajstić information content (AvgIpc) is 2.33. The Morgan fingerprint density at radius 2 is 2.00 bits per heavy atom. The summed E-state index contributed by atoms with van der Waals surface area (Å²) in [6.45, 7) is 2.16. The summed E-state index contributed by atoms with van der Waals surface area (Å²) in [7, 11) is 0. The monoisotopic (exact) mass is 269 g/mol. The number of rotatable bonds is 4. The van der Waals surface area contributed by atoms with Gasteiger partial charge in [0.2, 0.25) is 5.91 Å². The number of hydrazine groups is 1. The number of amides is 1. The van der Waals surface area contributed by atoms with Gasteiger partial charge in [-0.1, -0.05) is 18.2 Å². The number of nitrogens with one attached hydrogen (secondary N) is 3. The number of thiocarbonyl (C=S) groups is 1. The quantitative estimate of drug-likeness (QED) is 0.333. The van der Waals surface area contributed by atoms with Gasteiger partial charge in [-0.3, -0.25) is 15.6 Å². The second-order valence-electron chi connectivity index (χ2n) is 3.22. The third kappa shape index (κ3) is 6.80. The molecule has 17 heavy (non-hydrogen) atoms. The molecule has 0 radical (unpaired) electrons. The van der Waals surface area contributed by atoms with Crippen molar-refractivity contribution in [3.63, 3.8) is 0 Å². The van der Waals surface area contributed by atoms with Crippen molar-refractivity contribution in [3.05, 3.63) is 30.3 Å². The van der Waals surface area contributed by atoms with Crippen LogP contribution >= 0.6 is 24.0 Å². The van der Waals surface area contributed by atoms with E-state index in [2.05, 4.69) is 28.3 Å². The minimum absolute atomic E-state index is 0.173. The average molecular weight is 269 g/mol. The summed E-state index contributed by atoms with van der Waals surface area (Å²) < 4.78 is 0. The van der Waals surface area contributed by atoms with E-state index in [4.69, 9.17) is 12.2 Å². The Labute approximate surface area is 111 Å². The van der Waals surface area contributed by atoms with Crippen LogP contribution < -0.4 is 16.2 Å². The molecule has 0 saturated heterocycles. The number of carbonyl (C=O) groups is 1. The number of carbonyl (C=O) groups excluding carboxylic acids is 1. The van der Waals surface area contributed by atoms with Gasteiger partial charge in [-0.2, -0.15) is 0 Å². The third-order valence-corrected chi connectivity index (χ3v) is 3.01. The van der Waals surface area contributed by atoms with Crippen molar-refractivity contribution < 1.29 is 4.79 Å². The van der Waals surface area contributed by atoms with E-state index in [0.29, 0.717) is 5.11 Å². The number of benzene rings is 1. The van der Waals surface area contributed by atoms with E-state index in [1.807, 2.05) is 18.2 Å². The summed E-state index contributed by atoms with van der Waals surface area (Å²) in [4.78, 5) is 11.8. The van der Waals surface area contributed by atoms with Gasteiger partial charge < -0.3 is 5.32 Å². The fourth-order valence-corrected chi connectivity index (χ4v) is 1.98. The van der Waals surface area contributed by atoms with Crippen molar-refractivity contribution in [3.8, 4) is 0 Å². The van der Waals surface area contributed by atoms with Gasteiger partial charge in [0.1, 0.15) is 0 Å². The first-order valence-electron chi connectivity index (χ1n) is 5.17. The smallest absolute Gasteiger partial charge is 0.235 e. The van der Waals surface area contributed by atoms with Crippen LogP contribution in [0, 0.1) is 0 Å². The van der Waals surface area contributed by atoms with Gasteiger partial charge >= 0.3 is 0 Å². The lowest BCUT2D eigenvalue weighted by molar-refractivity contribution is -0.119. The van der Waals surface area contributed by atoms with Gasteiger partial charge in [0.15, 0.2) is 5.11 Å². The summed E-state index contributed by atoms with van der Waals surface area (Å²) >= 11 is 6.71. The van der Waals surface area contributed by atoms with Crippen LogP contribution in [0.5, 0.6) is 0 Å². The Bertz CT molecular complexity index is 370. The second kappa shape index (κ2) is 7.92. The zero-order valence-electron chi connectivity index (χ0n) is 9.53. The predicted molar refractivity (Wildman–Crippen MR) is 74.7 cm³/mol. The maximum Gasteiger partial charge on any atom is 0.235 e. The minimum atomic E-state index is -0.173. The van der Waals surface area contributed by atoms with Crippen molar-refractivity contribution in [1.29, 1.82) is 0 Å². The topological polar surface area (TPSA) is 53.2 Å². The molecule has 4 nitrogen and oxygen atoms in total. The highest BCUT2D eigenvalue weighted by atomic mass is 32.2. The Morgan fingerprint density at radius 3 is 2.65 bits per heavy atom. The van der Waals surface area contributed by atoms with Crippen molar-refractivity contribution in [2.45, 2.75) is 11.8 Å². The van der Waals surface area contributed by atoms with Crippen LogP contribution in [0.4, 0.5) is 0 Å². The van der Waals surface area contributed by atoms with Crippen LogP contribution in [0.3, 0.4) is 0 Å². The van der Waals surface area contributed by atoms with E-state index in [-0.39, 0.29) is 5.91 Å². The fourth-order valence-electron chi connectivity index (χ4n) is 1.04. The Morgan fingerprint density at radius 1 is 1.29 bits per heavy atom. The highest BCUT2D eigenvalue weighted by molar-refractivity contribution is 7.99. The van der Waals surface area contributed by atoms with E-state index in [1.165, 1.54) is 11.8 Å². The maximum atomic E-state index is 10.6. The molecule has 0 aliphatic heterocycles. The molecule has 0 aliphatic rings. The summed E-state index contributed by atoms with van der Waals surface area (Å²) in [5.74, 6) is 0.735. The fraction of sp³-hybridized carbons (Fsp3) is 0.273. The van der Waals surface area contributed by atoms with E-state index >= 15 is 0 Å². The van der Waals surface area contributed by atoms with Gasteiger partial charge in [0.05, 0.1) is 0 Å². The Kier molecular flexibility index (Phi) is 6.42. The first-order chi connectivity index (χ1) is 8.18. The third-order valence-electron chi connectivity index (χ3n) is 1.75. The lowest BCUT2D eigenvalue weighted by Crippen LogP contribution is -2.46. The number of hydrogen-bond acceptors (Lipinski definition) is 3. The van der Waals surface area contributed by atoms with E-state index < -0.39 is 0 Å². The van der Waals surface area contributed by atoms with Crippen LogP contribution in [0.1, 0.15) is 6.92 Å². The molecule has 1 rings (SSSR count). The number of thioether (sulfide) groups is 1. The molecule has 0 aliphatic carbocycles. The zero-order valence-corrected chi connectivity index (χ0v) is 11.2. The normalized spacial score (nSPS) is 9.47. The van der Waals surface area contributed by atoms with Crippen molar-refractivity contribution >= 4 is 35.0 Å². The molecule has 0 atom stereocenters. The largest absolute Gasteiger partial charge is 0.361 e. The zero-order chi connectivity index (χ0) is 12.5. The van der Waals surface area contributed by atoms with Crippen LogP contribution in [0.15, 0.2) is 35.2 Å². The molecule has 3 N–H and O–H groups in total. The first-order valence-corrected chi connectivity index (χ1v) is 6.56. The standard InChI is InChI=1S/C11H15N3OS2/c1-9(15)13-14-11(16)12-7-8-17-10-5-3-2-4-6-10/h2-6H,7-8H2,1H3,(H,13,15)(H2,12,14,16). The molecule has 0 unspecified atom stereocenters. The van der Waals surface area contributed by atoms with E-state index in [0.717, 1.165) is 12.3 Å². The highest BCUT2D eigenvalue weighted by Crippen LogP contribution is 2.15. The Hall–Kier alpha value is -1.27. The van der Waals surface area contributed by atoms with Gasteiger partial charge in [0.25, 0.3) is 0 Å². The summed E-state index contributed by atoms with van der Waals surface area (Å²) in [5, 5.41) is 3.42. The summed E-state index contributed by atoms with van der Waals surface area (Å²) in [5.41, 5.74) is 5.00. The number of hydrogen-bond donors (Lipinski definition) is 3. The SMILES string of the molecule is CC(=O)NNC(=S)NCCSc1ccccc1. The van der Waals surface area contributed by atoms with Gasteiger partial charge in [-0.15, -0.1) is 11.8 Å². The molecule has 0 aromatic heterocycles. The lowest BCUT2D eigenvalue weighted by Gasteiger charge is -2.09. The molecule has 92 valence electrons. The first kappa shape index (κ1) is 13.8. The second-order valence-corrected chi connectivity index (χ2v) is 4.80. The van der Waals surface area contributed by atoms with Crippen molar-refractivity contribution in [2.24, 2.45) is 0 Å². The van der Waals surface area contributed by atoms with E-state index in [1.54, 1.807) is 11.8 Å². The van der Waals surface area contributed by atoms with Crippen molar-refractivity contribution in [1.82, 2.24) is 16.2 Å². The summed E-state index contributed by atoms with van der Waals surface area (Å²) in [6, 6.07) is 10.2. The molecule has 0 spiro atoms. The molecular formula is C11H15N3OS2. The lowest BCUT2D eigenvalue weighted by atomic mass is 10.4. The van der Waals surface area contributed by atoms with Crippen LogP contribution in [-0.4, -0.2) is 23.3 Å². The van der Waals surface area contributed by atoms with Crippen LogP contribution in [0.25, 0.3) is 0 Å². The van der Waals surface area contributed by atoms with E-state index in [9.17, 15) is 4.79 Å². The van der Waals surface area contributed by atoms with Crippen LogP contribution in [0.2, 0.25) is 0 Å². The van der Waals surface area contributed by atoms with Gasteiger partial charge in [-0.25, -0.2) is 0 Å². The molecule has 6 heteroatoms. The predicted octanol–water partition coefficient (Wildman–Crippen LogP) is 1.29. The Balaban J connectivity index is 2.08.